The van der Waals surface area contributed by atoms with Gasteiger partial charge in [0, 0.05) is 0 Å². The first-order valence-corrected chi connectivity index (χ1v) is 7.18. The fraction of sp³-hybridized carbons (Fsp3) is 0.625. The Morgan fingerprint density at radius 3 is 2.74 bits per heavy atom. The first-order chi connectivity index (χ1) is 9.10. The van der Waals surface area contributed by atoms with Crippen molar-refractivity contribution >= 4 is 0 Å². The summed E-state index contributed by atoms with van der Waals surface area (Å²) < 4.78 is 27.0. The van der Waals surface area contributed by atoms with Gasteiger partial charge in [0.2, 0.25) is 0 Å². The van der Waals surface area contributed by atoms with E-state index < -0.39 is 0 Å². The molecule has 19 heavy (non-hydrogen) atoms. The third-order valence-electron chi connectivity index (χ3n) is 4.36. The van der Waals surface area contributed by atoms with Gasteiger partial charge in [-0.1, -0.05) is 13.3 Å². The molecule has 1 N–H and O–H groups in total. The van der Waals surface area contributed by atoms with Crippen LogP contribution in [0.5, 0.6) is 0 Å². The lowest BCUT2D eigenvalue weighted by atomic mass is 9.72. The zero-order chi connectivity index (χ0) is 13.8. The van der Waals surface area contributed by atoms with Crippen LogP contribution in [0.25, 0.3) is 0 Å². The molecule has 1 aliphatic carbocycles. The largest absolute Gasteiger partial charge is 0.319 e. The summed E-state index contributed by atoms with van der Waals surface area (Å²) in [7, 11) is 1.96. The minimum atomic E-state index is -0.342. The molecule has 0 heterocycles. The van der Waals surface area contributed by atoms with Crippen molar-refractivity contribution in [2.75, 3.05) is 13.6 Å². The molecule has 0 radical (unpaired) electrons. The molecule has 1 nitrogen and oxygen atoms in total. The Hall–Kier alpha value is -0.960. The van der Waals surface area contributed by atoms with E-state index in [4.69, 9.17) is 0 Å². The van der Waals surface area contributed by atoms with Crippen molar-refractivity contribution in [3.63, 3.8) is 0 Å². The smallest absolute Gasteiger partial charge is 0.126 e. The zero-order valence-corrected chi connectivity index (χ0v) is 11.8. The van der Waals surface area contributed by atoms with Crippen molar-refractivity contribution in [1.82, 2.24) is 5.32 Å². The molecule has 0 amide bonds. The van der Waals surface area contributed by atoms with Crippen LogP contribution in [-0.4, -0.2) is 13.6 Å². The van der Waals surface area contributed by atoms with Gasteiger partial charge in [-0.2, -0.15) is 0 Å². The summed E-state index contributed by atoms with van der Waals surface area (Å²) in [5, 5.41) is 3.23. The second-order valence-electron chi connectivity index (χ2n) is 5.94. The van der Waals surface area contributed by atoms with Crippen LogP contribution in [0, 0.1) is 29.4 Å². The molecule has 0 aromatic heterocycles. The number of benzene rings is 1. The van der Waals surface area contributed by atoms with Crippen LogP contribution in [-0.2, 0) is 6.42 Å². The standard InChI is InChI=1S/C16H23F2N/c1-11-3-4-12(10-19-2)13(7-11)8-14-9-15(17)5-6-16(14)18/h5-6,9,11-13,19H,3-4,7-8,10H2,1-2H3. The predicted octanol–water partition coefficient (Wildman–Crippen LogP) is 3.78. The lowest BCUT2D eigenvalue weighted by Crippen LogP contribution is -2.32. The Morgan fingerprint density at radius 1 is 1.21 bits per heavy atom. The molecule has 1 fully saturated rings. The van der Waals surface area contributed by atoms with Gasteiger partial charge in [-0.05, 0) is 74.4 Å². The van der Waals surface area contributed by atoms with Gasteiger partial charge in [0.15, 0.2) is 0 Å². The second-order valence-corrected chi connectivity index (χ2v) is 5.94. The number of hydrogen-bond donors (Lipinski definition) is 1. The first-order valence-electron chi connectivity index (χ1n) is 7.18. The van der Waals surface area contributed by atoms with Crippen LogP contribution in [0.3, 0.4) is 0 Å². The molecule has 3 atom stereocenters. The van der Waals surface area contributed by atoms with Crippen molar-refractivity contribution in [2.45, 2.75) is 32.6 Å². The molecule has 0 aliphatic heterocycles. The van der Waals surface area contributed by atoms with Crippen molar-refractivity contribution in [1.29, 1.82) is 0 Å². The summed E-state index contributed by atoms with van der Waals surface area (Å²) in [6.07, 6.45) is 4.20. The summed E-state index contributed by atoms with van der Waals surface area (Å²) in [5.41, 5.74) is 0.528. The molecular formula is C16H23F2N. The Labute approximate surface area is 114 Å². The predicted molar refractivity (Wildman–Crippen MR) is 74.0 cm³/mol. The quantitative estimate of drug-likeness (QED) is 0.875. The SMILES string of the molecule is CNCC1CCC(C)CC1Cc1cc(F)ccc1F. The van der Waals surface area contributed by atoms with E-state index in [9.17, 15) is 8.78 Å². The Morgan fingerprint density at radius 2 is 2.00 bits per heavy atom. The third-order valence-corrected chi connectivity index (χ3v) is 4.36. The fourth-order valence-electron chi connectivity index (χ4n) is 3.32. The molecule has 3 unspecified atom stereocenters. The van der Waals surface area contributed by atoms with E-state index in [0.717, 1.165) is 13.0 Å². The van der Waals surface area contributed by atoms with Crippen molar-refractivity contribution < 1.29 is 8.78 Å². The third kappa shape index (κ3) is 3.75. The molecule has 0 spiro atoms. The molecule has 1 saturated carbocycles. The van der Waals surface area contributed by atoms with E-state index in [1.54, 1.807) is 0 Å². The topological polar surface area (TPSA) is 12.0 Å². The highest BCUT2D eigenvalue weighted by Crippen LogP contribution is 2.36. The molecular weight excluding hydrogens is 244 g/mol. The fourth-order valence-corrected chi connectivity index (χ4v) is 3.32. The second kappa shape index (κ2) is 6.47. The maximum atomic E-state index is 13.8. The summed E-state index contributed by atoms with van der Waals surface area (Å²) in [6.45, 7) is 3.22. The number of nitrogens with one attached hydrogen (secondary N) is 1. The normalized spacial score (nSPS) is 27.5. The molecule has 1 aromatic carbocycles. The lowest BCUT2D eigenvalue weighted by molar-refractivity contribution is 0.185. The number of hydrogen-bond acceptors (Lipinski definition) is 1. The average Bonchev–Trinajstić information content (AvgIpc) is 2.37. The Balaban J connectivity index is 2.11. The summed E-state index contributed by atoms with van der Waals surface area (Å²) >= 11 is 0. The van der Waals surface area contributed by atoms with Crippen LogP contribution < -0.4 is 5.32 Å². The van der Waals surface area contributed by atoms with Gasteiger partial charge < -0.3 is 5.32 Å². The van der Waals surface area contributed by atoms with Crippen LogP contribution in [0.1, 0.15) is 31.7 Å². The Kier molecular flexibility index (Phi) is 4.92. The van der Waals surface area contributed by atoms with Gasteiger partial charge >= 0.3 is 0 Å². The van der Waals surface area contributed by atoms with Crippen molar-refractivity contribution in [2.24, 2.45) is 17.8 Å². The van der Waals surface area contributed by atoms with E-state index in [-0.39, 0.29) is 11.6 Å². The van der Waals surface area contributed by atoms with E-state index in [1.807, 2.05) is 7.05 Å². The molecule has 0 bridgehead atoms. The summed E-state index contributed by atoms with van der Waals surface area (Å²) in [5.74, 6) is 1.10. The maximum absolute atomic E-state index is 13.8. The van der Waals surface area contributed by atoms with Gasteiger partial charge in [0.25, 0.3) is 0 Å². The average molecular weight is 267 g/mol. The van der Waals surface area contributed by atoms with Gasteiger partial charge in [0.05, 0.1) is 0 Å². The summed E-state index contributed by atoms with van der Waals surface area (Å²) in [6, 6.07) is 3.78. The lowest BCUT2D eigenvalue weighted by Gasteiger charge is -2.35. The first kappa shape index (κ1) is 14.4. The zero-order valence-electron chi connectivity index (χ0n) is 11.8. The maximum Gasteiger partial charge on any atom is 0.126 e. The van der Waals surface area contributed by atoms with Crippen LogP contribution in [0.15, 0.2) is 18.2 Å². The van der Waals surface area contributed by atoms with E-state index in [0.29, 0.717) is 29.7 Å². The molecule has 1 aromatic rings. The molecule has 3 heteroatoms. The van der Waals surface area contributed by atoms with Gasteiger partial charge in [-0.3, -0.25) is 0 Å². The minimum absolute atomic E-state index is 0.275. The van der Waals surface area contributed by atoms with Crippen LogP contribution >= 0.6 is 0 Å². The highest BCUT2D eigenvalue weighted by molar-refractivity contribution is 5.19. The molecule has 106 valence electrons. The molecule has 0 saturated heterocycles. The molecule has 1 aliphatic rings. The van der Waals surface area contributed by atoms with Gasteiger partial charge in [-0.15, -0.1) is 0 Å². The van der Waals surface area contributed by atoms with Gasteiger partial charge in [0.1, 0.15) is 11.6 Å². The number of halogens is 2. The Bertz CT molecular complexity index is 419. The highest BCUT2D eigenvalue weighted by atomic mass is 19.1. The van der Waals surface area contributed by atoms with E-state index >= 15 is 0 Å². The van der Waals surface area contributed by atoms with Crippen molar-refractivity contribution in [3.8, 4) is 0 Å². The van der Waals surface area contributed by atoms with Crippen LogP contribution in [0.2, 0.25) is 0 Å². The molecule has 2 rings (SSSR count). The van der Waals surface area contributed by atoms with E-state index in [1.165, 1.54) is 31.0 Å². The van der Waals surface area contributed by atoms with Crippen molar-refractivity contribution in [3.05, 3.63) is 35.4 Å². The minimum Gasteiger partial charge on any atom is -0.319 e. The monoisotopic (exact) mass is 267 g/mol. The van der Waals surface area contributed by atoms with Crippen LogP contribution in [0.4, 0.5) is 8.78 Å². The van der Waals surface area contributed by atoms with E-state index in [2.05, 4.69) is 12.2 Å². The summed E-state index contributed by atoms with van der Waals surface area (Å²) in [4.78, 5) is 0. The number of rotatable bonds is 4. The highest BCUT2D eigenvalue weighted by Gasteiger charge is 2.28. The van der Waals surface area contributed by atoms with Gasteiger partial charge in [-0.25, -0.2) is 8.78 Å².